The first-order valence-corrected chi connectivity index (χ1v) is 4.15. The van der Waals surface area contributed by atoms with Gasteiger partial charge in [0.15, 0.2) is 0 Å². The normalized spacial score (nSPS) is 12.1. The standard InChI is InChI=1S/C11H11O.2Th/c1-12-11-7-6-9-4-2-3-5-10(9)8-11;;/h2,6-8H,3,5H2,1H3;;/q-1;;. The predicted molar refractivity (Wildman–Crippen MR) is 48.2 cm³/mol. The maximum atomic E-state index is 5.14. The predicted octanol–water partition coefficient (Wildman–Crippen LogP) is 2.35. The minimum Gasteiger partial charge on any atom is -0.499 e. The van der Waals surface area contributed by atoms with Crippen LogP contribution in [0.1, 0.15) is 17.5 Å². The number of rotatable bonds is 1. The second-order valence-electron chi connectivity index (χ2n) is 2.91. The van der Waals surface area contributed by atoms with Gasteiger partial charge >= 0.3 is 0 Å². The van der Waals surface area contributed by atoms with Crippen molar-refractivity contribution in [1.29, 1.82) is 0 Å². The number of aryl methyl sites for hydroxylation is 1. The number of benzene rings is 1. The van der Waals surface area contributed by atoms with E-state index < -0.39 is 0 Å². The molecule has 3 heteroatoms. The third-order valence-electron chi connectivity index (χ3n) is 2.13. The van der Waals surface area contributed by atoms with Gasteiger partial charge in [0.25, 0.3) is 0 Å². The van der Waals surface area contributed by atoms with Crippen molar-refractivity contribution >= 4 is 0 Å². The molecule has 0 bridgehead atoms. The van der Waals surface area contributed by atoms with Crippen molar-refractivity contribution in [3.63, 3.8) is 0 Å². The van der Waals surface area contributed by atoms with Crippen LogP contribution in [0.5, 0.6) is 5.75 Å². The van der Waals surface area contributed by atoms with Gasteiger partial charge in [-0.2, -0.15) is 17.7 Å². The summed E-state index contributed by atoms with van der Waals surface area (Å²) in [5.74, 6) is 0.942. The SMILES string of the molecule is COc1ccc2c(c1)CCC=[C-]2.[Th].[Th]. The molecule has 0 saturated carbocycles. The zero-order valence-corrected chi connectivity index (χ0v) is 16.4. The van der Waals surface area contributed by atoms with Gasteiger partial charge in [0.2, 0.25) is 0 Å². The zero-order valence-electron chi connectivity index (χ0n) is 8.13. The molecule has 0 aliphatic heterocycles. The van der Waals surface area contributed by atoms with Gasteiger partial charge in [-0.15, -0.1) is 11.6 Å². The van der Waals surface area contributed by atoms with E-state index in [1.54, 1.807) is 7.11 Å². The van der Waals surface area contributed by atoms with Crippen LogP contribution in [0.3, 0.4) is 0 Å². The maximum absolute atomic E-state index is 5.14. The van der Waals surface area contributed by atoms with Gasteiger partial charge in [-0.25, -0.2) is 0 Å². The Bertz CT molecular complexity index is 321. The van der Waals surface area contributed by atoms with Crippen LogP contribution >= 0.6 is 0 Å². The molecule has 0 saturated heterocycles. The quantitative estimate of drug-likeness (QED) is 0.437. The van der Waals surface area contributed by atoms with Gasteiger partial charge in [0.05, 0.1) is 12.9 Å². The number of fused-ring (bicyclic) bond motifs is 1. The average Bonchev–Trinajstić information content (AvgIpc) is 2.17. The molecule has 1 nitrogen and oxygen atoms in total. The Hall–Kier alpha value is 1.41. The van der Waals surface area contributed by atoms with Crippen LogP contribution in [0.4, 0.5) is 0 Å². The van der Waals surface area contributed by atoms with Crippen molar-refractivity contribution in [2.75, 3.05) is 7.11 Å². The van der Waals surface area contributed by atoms with Crippen LogP contribution in [0, 0.1) is 86.0 Å². The number of hydrogen-bond donors (Lipinski definition) is 0. The van der Waals surface area contributed by atoms with E-state index in [0.717, 1.165) is 18.6 Å². The molecule has 1 aromatic rings. The van der Waals surface area contributed by atoms with E-state index in [1.807, 2.05) is 6.07 Å². The number of hydrogen-bond acceptors (Lipinski definition) is 1. The monoisotopic (exact) mass is 623 g/mol. The second-order valence-corrected chi connectivity index (χ2v) is 2.91. The Morgan fingerprint density at radius 2 is 2.07 bits per heavy atom. The van der Waals surface area contributed by atoms with Gasteiger partial charge < -0.3 is 4.74 Å². The molecule has 1 aromatic carbocycles. The summed E-state index contributed by atoms with van der Waals surface area (Å²) in [5.41, 5.74) is 2.55. The molecule has 0 N–H and O–H groups in total. The molecular formula is C11H11OTh2-. The third kappa shape index (κ3) is 3.77. The molecular weight excluding hydrogens is 612 g/mol. The Morgan fingerprint density at radius 1 is 1.29 bits per heavy atom. The average molecular weight is 623 g/mol. The first-order chi connectivity index (χ1) is 5.90. The Balaban J connectivity index is 0.000000845. The molecule has 0 aromatic heterocycles. The largest absolute Gasteiger partial charge is 0.499 e. The third-order valence-corrected chi connectivity index (χ3v) is 2.13. The first-order valence-electron chi connectivity index (χ1n) is 4.15. The molecule has 14 heavy (non-hydrogen) atoms. The minimum absolute atomic E-state index is 0. The molecule has 1 aliphatic rings. The Labute approximate surface area is 149 Å². The van der Waals surface area contributed by atoms with Crippen LogP contribution in [-0.2, 0) is 6.42 Å². The fourth-order valence-corrected chi connectivity index (χ4v) is 1.45. The van der Waals surface area contributed by atoms with Crippen molar-refractivity contribution in [1.82, 2.24) is 0 Å². The number of ether oxygens (including phenoxy) is 1. The fourth-order valence-electron chi connectivity index (χ4n) is 1.45. The van der Waals surface area contributed by atoms with E-state index in [1.165, 1.54) is 11.1 Å². The smallest absolute Gasteiger partial charge is 0.0946 e. The molecule has 0 atom stereocenters. The van der Waals surface area contributed by atoms with E-state index in [0.29, 0.717) is 0 Å². The second kappa shape index (κ2) is 7.65. The first kappa shape index (κ1) is 15.4. The molecule has 70 valence electrons. The van der Waals surface area contributed by atoms with Crippen molar-refractivity contribution in [2.24, 2.45) is 0 Å². The molecule has 0 unspecified atom stereocenters. The molecule has 0 spiro atoms. The van der Waals surface area contributed by atoms with Crippen molar-refractivity contribution in [2.45, 2.75) is 12.8 Å². The molecule has 2 rings (SSSR count). The number of allylic oxidation sites excluding steroid dienone is 1. The van der Waals surface area contributed by atoms with Crippen LogP contribution in [0.25, 0.3) is 0 Å². The Kier molecular flexibility index (Phi) is 8.41. The van der Waals surface area contributed by atoms with E-state index in [9.17, 15) is 0 Å². The zero-order chi connectivity index (χ0) is 8.39. The van der Waals surface area contributed by atoms with Gasteiger partial charge in [-0.3, -0.25) is 0 Å². The summed E-state index contributed by atoms with van der Waals surface area (Å²) < 4.78 is 5.14. The molecule has 0 fully saturated rings. The summed E-state index contributed by atoms with van der Waals surface area (Å²) in [5, 5.41) is 0. The van der Waals surface area contributed by atoms with E-state index in [-0.39, 0.29) is 79.9 Å². The topological polar surface area (TPSA) is 9.23 Å². The van der Waals surface area contributed by atoms with Gasteiger partial charge in [-0.05, 0) is 0 Å². The van der Waals surface area contributed by atoms with E-state index in [4.69, 9.17) is 4.74 Å². The van der Waals surface area contributed by atoms with Crippen LogP contribution < -0.4 is 4.74 Å². The summed E-state index contributed by atoms with van der Waals surface area (Å²) in [6.07, 6.45) is 7.53. The number of methoxy groups -OCH3 is 1. The van der Waals surface area contributed by atoms with Gasteiger partial charge in [-0.1, -0.05) is 25.0 Å². The van der Waals surface area contributed by atoms with Crippen molar-refractivity contribution in [3.05, 3.63) is 41.5 Å². The summed E-state index contributed by atoms with van der Waals surface area (Å²) in [7, 11) is 1.70. The van der Waals surface area contributed by atoms with E-state index >= 15 is 0 Å². The molecule has 1 aliphatic carbocycles. The minimum atomic E-state index is 0. The van der Waals surface area contributed by atoms with Crippen LogP contribution in [0.15, 0.2) is 24.3 Å². The summed E-state index contributed by atoms with van der Waals surface area (Å²) in [4.78, 5) is 0. The summed E-state index contributed by atoms with van der Waals surface area (Å²) in [6, 6.07) is 6.13. The summed E-state index contributed by atoms with van der Waals surface area (Å²) in [6.45, 7) is 0. The van der Waals surface area contributed by atoms with Crippen molar-refractivity contribution < 1.29 is 84.6 Å². The molecule has 0 heterocycles. The Morgan fingerprint density at radius 3 is 2.79 bits per heavy atom. The summed E-state index contributed by atoms with van der Waals surface area (Å²) >= 11 is 0. The maximum Gasteiger partial charge on any atom is 0.0946 e. The molecule has 0 radical (unpaired) electrons. The fraction of sp³-hybridized carbons (Fsp3) is 0.273. The van der Waals surface area contributed by atoms with Crippen LogP contribution in [0.2, 0.25) is 0 Å². The van der Waals surface area contributed by atoms with Gasteiger partial charge in [0.1, 0.15) is 0 Å². The van der Waals surface area contributed by atoms with E-state index in [2.05, 4.69) is 24.3 Å². The van der Waals surface area contributed by atoms with Crippen LogP contribution in [-0.4, -0.2) is 7.11 Å². The van der Waals surface area contributed by atoms with Gasteiger partial charge in [0, 0.05) is 79.9 Å². The molecule has 0 amide bonds. The van der Waals surface area contributed by atoms with Crippen molar-refractivity contribution in [3.8, 4) is 5.75 Å².